The first-order valence-corrected chi connectivity index (χ1v) is 10.8. The van der Waals surface area contributed by atoms with Crippen molar-refractivity contribution in [2.75, 3.05) is 11.9 Å². The number of hydrogen-bond acceptors (Lipinski definition) is 3. The van der Waals surface area contributed by atoms with Gasteiger partial charge in [0.25, 0.3) is 0 Å². The lowest BCUT2D eigenvalue weighted by atomic mass is 9.84. The number of nitrogens with one attached hydrogen (secondary N) is 1. The monoisotopic (exact) mass is 410 g/mol. The van der Waals surface area contributed by atoms with Crippen molar-refractivity contribution >= 4 is 17.6 Å². The van der Waals surface area contributed by atoms with Gasteiger partial charge in [0.15, 0.2) is 0 Å². The maximum absolute atomic E-state index is 12.9. The zero-order valence-corrected chi connectivity index (χ0v) is 19.0. The first-order valence-electron chi connectivity index (χ1n) is 10.8. The molecule has 0 spiro atoms. The van der Waals surface area contributed by atoms with E-state index in [1.54, 1.807) is 9.58 Å². The summed E-state index contributed by atoms with van der Waals surface area (Å²) in [5.74, 6) is 0.582. The van der Waals surface area contributed by atoms with Gasteiger partial charge in [-0.15, -0.1) is 0 Å². The number of amides is 2. The van der Waals surface area contributed by atoms with Crippen LogP contribution in [0.5, 0.6) is 0 Å². The van der Waals surface area contributed by atoms with Crippen LogP contribution in [-0.4, -0.2) is 39.1 Å². The van der Waals surface area contributed by atoms with Crippen molar-refractivity contribution in [1.29, 1.82) is 0 Å². The lowest BCUT2D eigenvalue weighted by Crippen LogP contribution is -2.46. The molecular weight excluding hydrogens is 376 g/mol. The largest absolute Gasteiger partial charge is 0.331 e. The fraction of sp³-hybridized carbons (Fsp3) is 0.542. The van der Waals surface area contributed by atoms with Crippen LogP contribution in [0.1, 0.15) is 65.1 Å². The molecule has 0 unspecified atom stereocenters. The third-order valence-electron chi connectivity index (χ3n) is 5.70. The van der Waals surface area contributed by atoms with Crippen LogP contribution in [0.25, 0.3) is 5.69 Å². The van der Waals surface area contributed by atoms with E-state index < -0.39 is 0 Å². The predicted octanol–water partition coefficient (Wildman–Crippen LogP) is 4.45. The van der Waals surface area contributed by atoms with Gasteiger partial charge in [0.1, 0.15) is 12.4 Å². The Morgan fingerprint density at radius 1 is 1.20 bits per heavy atom. The Labute approximate surface area is 179 Å². The lowest BCUT2D eigenvalue weighted by molar-refractivity contribution is -0.142. The van der Waals surface area contributed by atoms with E-state index in [-0.39, 0.29) is 35.7 Å². The van der Waals surface area contributed by atoms with Gasteiger partial charge >= 0.3 is 0 Å². The van der Waals surface area contributed by atoms with Gasteiger partial charge in [0.2, 0.25) is 11.8 Å². The minimum atomic E-state index is -0.204. The van der Waals surface area contributed by atoms with Crippen molar-refractivity contribution < 1.29 is 9.59 Å². The second-order valence-electron chi connectivity index (χ2n) is 9.65. The topological polar surface area (TPSA) is 67.2 Å². The molecule has 1 saturated carbocycles. The molecule has 3 rings (SSSR count). The Morgan fingerprint density at radius 3 is 2.33 bits per heavy atom. The van der Waals surface area contributed by atoms with Crippen LogP contribution in [-0.2, 0) is 15.0 Å². The Balaban J connectivity index is 1.83. The maximum Gasteiger partial charge on any atom is 0.245 e. The zero-order valence-electron chi connectivity index (χ0n) is 19.0. The summed E-state index contributed by atoms with van der Waals surface area (Å²) in [6.45, 7) is 12.3. The highest BCUT2D eigenvalue weighted by Crippen LogP contribution is 2.29. The molecule has 0 saturated heterocycles. The molecule has 0 radical (unpaired) electrons. The minimum Gasteiger partial charge on any atom is -0.331 e. The van der Waals surface area contributed by atoms with E-state index >= 15 is 0 Å². The molecule has 0 bridgehead atoms. The van der Waals surface area contributed by atoms with E-state index in [1.807, 2.05) is 51.1 Å². The molecule has 0 aliphatic heterocycles. The van der Waals surface area contributed by atoms with Gasteiger partial charge in [0.05, 0.1) is 11.4 Å². The van der Waals surface area contributed by atoms with Gasteiger partial charge < -0.3 is 10.2 Å². The number of carbonyl (C=O) groups is 2. The van der Waals surface area contributed by atoms with Crippen molar-refractivity contribution in [2.45, 2.75) is 72.3 Å². The van der Waals surface area contributed by atoms with Crippen molar-refractivity contribution in [2.24, 2.45) is 5.92 Å². The standard InChI is InChI=1S/C24H34N4O2/c1-16(2)27(23(30)18-8-7-9-18)15-22(29)25-21-14-20(24(4,5)6)26-28(21)19-12-10-17(3)11-13-19/h10-14,16,18H,7-9,15H2,1-6H3,(H,25,29). The van der Waals surface area contributed by atoms with Gasteiger partial charge in [-0.1, -0.05) is 44.9 Å². The van der Waals surface area contributed by atoms with E-state index in [1.165, 1.54) is 0 Å². The molecule has 1 N–H and O–H groups in total. The number of anilines is 1. The normalized spacial score (nSPS) is 14.5. The number of carbonyl (C=O) groups excluding carboxylic acids is 2. The second kappa shape index (κ2) is 8.62. The van der Waals surface area contributed by atoms with Gasteiger partial charge in [-0.25, -0.2) is 4.68 Å². The highest BCUT2D eigenvalue weighted by Gasteiger charge is 2.32. The fourth-order valence-electron chi connectivity index (χ4n) is 3.46. The molecular formula is C24H34N4O2. The predicted molar refractivity (Wildman–Crippen MR) is 120 cm³/mol. The molecule has 1 heterocycles. The Hall–Kier alpha value is -2.63. The Bertz CT molecular complexity index is 902. The summed E-state index contributed by atoms with van der Waals surface area (Å²) in [7, 11) is 0. The minimum absolute atomic E-state index is 0.0176. The molecule has 162 valence electrons. The van der Waals surface area contributed by atoms with E-state index in [4.69, 9.17) is 5.10 Å². The highest BCUT2D eigenvalue weighted by atomic mass is 16.2. The van der Waals surface area contributed by atoms with E-state index in [2.05, 4.69) is 26.1 Å². The third kappa shape index (κ3) is 4.91. The molecule has 1 aliphatic carbocycles. The number of benzene rings is 1. The lowest BCUT2D eigenvalue weighted by Gasteiger charge is -2.33. The molecule has 6 heteroatoms. The fourth-order valence-corrected chi connectivity index (χ4v) is 3.46. The van der Waals surface area contributed by atoms with Crippen LogP contribution in [0, 0.1) is 12.8 Å². The summed E-state index contributed by atoms with van der Waals surface area (Å²) >= 11 is 0. The van der Waals surface area contributed by atoms with Gasteiger partial charge in [-0.05, 0) is 45.7 Å². The molecule has 1 fully saturated rings. The van der Waals surface area contributed by atoms with Crippen LogP contribution in [0.15, 0.2) is 30.3 Å². The molecule has 30 heavy (non-hydrogen) atoms. The molecule has 1 aliphatic rings. The van der Waals surface area contributed by atoms with Crippen LogP contribution in [0.3, 0.4) is 0 Å². The summed E-state index contributed by atoms with van der Waals surface area (Å²) in [4.78, 5) is 27.3. The zero-order chi connectivity index (χ0) is 22.1. The van der Waals surface area contributed by atoms with Crippen LogP contribution in [0.2, 0.25) is 0 Å². The van der Waals surface area contributed by atoms with Crippen molar-refractivity contribution in [3.8, 4) is 5.69 Å². The van der Waals surface area contributed by atoms with Crippen molar-refractivity contribution in [3.05, 3.63) is 41.6 Å². The summed E-state index contributed by atoms with van der Waals surface area (Å²) in [6, 6.07) is 9.94. The highest BCUT2D eigenvalue weighted by molar-refractivity contribution is 5.94. The number of aryl methyl sites for hydroxylation is 1. The van der Waals surface area contributed by atoms with Gasteiger partial charge in [-0.3, -0.25) is 9.59 Å². The number of hydrogen-bond donors (Lipinski definition) is 1. The molecule has 1 aromatic carbocycles. The average Bonchev–Trinajstić information content (AvgIpc) is 3.02. The smallest absolute Gasteiger partial charge is 0.245 e. The van der Waals surface area contributed by atoms with Crippen LogP contribution < -0.4 is 5.32 Å². The molecule has 2 amide bonds. The summed E-state index contributed by atoms with van der Waals surface area (Å²) in [5.41, 5.74) is 2.79. The summed E-state index contributed by atoms with van der Waals surface area (Å²) < 4.78 is 1.77. The summed E-state index contributed by atoms with van der Waals surface area (Å²) in [5, 5.41) is 7.75. The summed E-state index contributed by atoms with van der Waals surface area (Å²) in [6.07, 6.45) is 2.96. The molecule has 2 aromatic rings. The molecule has 6 nitrogen and oxygen atoms in total. The first-order chi connectivity index (χ1) is 14.1. The van der Waals surface area contributed by atoms with Crippen molar-refractivity contribution in [3.63, 3.8) is 0 Å². The first kappa shape index (κ1) is 22.1. The molecule has 0 atom stereocenters. The van der Waals surface area contributed by atoms with Gasteiger partial charge in [0, 0.05) is 23.4 Å². The SMILES string of the molecule is Cc1ccc(-n2nc(C(C)(C)C)cc2NC(=O)CN(C(=O)C2CCC2)C(C)C)cc1. The van der Waals surface area contributed by atoms with E-state index in [0.717, 1.165) is 36.2 Å². The van der Waals surface area contributed by atoms with Crippen LogP contribution >= 0.6 is 0 Å². The van der Waals surface area contributed by atoms with Crippen LogP contribution in [0.4, 0.5) is 5.82 Å². The second-order valence-corrected chi connectivity index (χ2v) is 9.65. The maximum atomic E-state index is 12.9. The van der Waals surface area contributed by atoms with E-state index in [9.17, 15) is 9.59 Å². The number of nitrogens with zero attached hydrogens (tertiary/aromatic N) is 3. The number of rotatable bonds is 6. The average molecular weight is 411 g/mol. The van der Waals surface area contributed by atoms with Crippen molar-refractivity contribution in [1.82, 2.24) is 14.7 Å². The molecule has 1 aromatic heterocycles. The third-order valence-corrected chi connectivity index (χ3v) is 5.70. The quantitative estimate of drug-likeness (QED) is 0.765. The Morgan fingerprint density at radius 2 is 1.83 bits per heavy atom. The van der Waals surface area contributed by atoms with E-state index in [0.29, 0.717) is 5.82 Å². The number of aromatic nitrogens is 2. The Kier molecular flexibility index (Phi) is 6.34. The van der Waals surface area contributed by atoms with Gasteiger partial charge in [-0.2, -0.15) is 5.10 Å².